The van der Waals surface area contributed by atoms with E-state index in [1.807, 2.05) is 72.8 Å². The molecule has 0 spiro atoms. The van der Waals surface area contributed by atoms with Gasteiger partial charge in [-0.05, 0) is 71.3 Å². The number of nitrogens with zero attached hydrogens (tertiary/aromatic N) is 1. The lowest BCUT2D eigenvalue weighted by molar-refractivity contribution is -0.116. The molecular weight excluding hydrogens is 452 g/mol. The van der Waals surface area contributed by atoms with Crippen molar-refractivity contribution in [1.29, 1.82) is 0 Å². The molecule has 0 saturated carbocycles. The van der Waals surface area contributed by atoms with Crippen molar-refractivity contribution in [3.8, 4) is 5.75 Å². The smallest absolute Gasteiger partial charge is 0.335 e. The minimum Gasteiger partial charge on any atom is -0.487 e. The number of anilines is 1. The van der Waals surface area contributed by atoms with E-state index in [0.717, 1.165) is 38.7 Å². The minimum absolute atomic E-state index is 0.105. The molecule has 6 nitrogen and oxygen atoms in total. The summed E-state index contributed by atoms with van der Waals surface area (Å²) in [4.78, 5) is 28.1. The van der Waals surface area contributed by atoms with Crippen LogP contribution in [0.5, 0.6) is 5.75 Å². The van der Waals surface area contributed by atoms with Crippen LogP contribution < -0.4 is 10.1 Å². The maximum absolute atomic E-state index is 12.5. The zero-order valence-electron chi connectivity index (χ0n) is 19.5. The predicted molar refractivity (Wildman–Crippen MR) is 140 cm³/mol. The van der Waals surface area contributed by atoms with Gasteiger partial charge in [-0.1, -0.05) is 48.5 Å². The number of ether oxygens (including phenoxy) is 1. The van der Waals surface area contributed by atoms with Crippen LogP contribution in [0.25, 0.3) is 21.7 Å². The lowest BCUT2D eigenvalue weighted by atomic mass is 10.1. The van der Waals surface area contributed by atoms with Crippen molar-refractivity contribution < 1.29 is 19.4 Å². The quantitative estimate of drug-likeness (QED) is 0.277. The number of aryl methyl sites for hydroxylation is 1. The normalized spacial score (nSPS) is 10.9. The van der Waals surface area contributed by atoms with Crippen LogP contribution in [-0.2, 0) is 17.8 Å². The van der Waals surface area contributed by atoms with E-state index in [9.17, 15) is 9.59 Å². The molecule has 0 saturated heterocycles. The summed E-state index contributed by atoms with van der Waals surface area (Å²) in [5, 5.41) is 15.0. The number of carboxylic acids is 1. The predicted octanol–water partition coefficient (Wildman–Crippen LogP) is 6.24. The number of pyridine rings is 1. The Morgan fingerprint density at radius 1 is 0.806 bits per heavy atom. The van der Waals surface area contributed by atoms with Gasteiger partial charge in [0.05, 0.1) is 16.8 Å². The molecule has 0 aliphatic rings. The summed E-state index contributed by atoms with van der Waals surface area (Å²) >= 11 is 0. The van der Waals surface area contributed by atoms with Gasteiger partial charge >= 0.3 is 5.97 Å². The molecule has 5 rings (SSSR count). The van der Waals surface area contributed by atoms with Crippen molar-refractivity contribution >= 4 is 39.2 Å². The van der Waals surface area contributed by atoms with E-state index in [0.29, 0.717) is 25.1 Å². The second-order valence-corrected chi connectivity index (χ2v) is 8.56. The number of amides is 1. The van der Waals surface area contributed by atoms with Crippen LogP contribution in [0.3, 0.4) is 0 Å². The Kier molecular flexibility index (Phi) is 6.58. The van der Waals surface area contributed by atoms with Gasteiger partial charge in [0.1, 0.15) is 12.4 Å². The van der Waals surface area contributed by atoms with Crippen molar-refractivity contribution in [3.63, 3.8) is 0 Å². The number of fused-ring (bicyclic) bond motifs is 2. The van der Waals surface area contributed by atoms with Gasteiger partial charge in [0.25, 0.3) is 0 Å². The Bertz CT molecular complexity index is 1560. The molecule has 0 aliphatic heterocycles. The second-order valence-electron chi connectivity index (χ2n) is 8.56. The fourth-order valence-corrected chi connectivity index (χ4v) is 4.03. The van der Waals surface area contributed by atoms with Crippen LogP contribution in [-0.4, -0.2) is 22.0 Å². The van der Waals surface area contributed by atoms with E-state index in [1.165, 1.54) is 0 Å². The molecule has 178 valence electrons. The summed E-state index contributed by atoms with van der Waals surface area (Å²) in [6.45, 7) is 0.361. The third kappa shape index (κ3) is 5.50. The number of hydrogen-bond acceptors (Lipinski definition) is 4. The number of carboxylic acid groups (broad SMARTS) is 1. The van der Waals surface area contributed by atoms with Crippen LogP contribution in [0, 0.1) is 0 Å². The van der Waals surface area contributed by atoms with Gasteiger partial charge in [-0.2, -0.15) is 0 Å². The number of carbonyl (C=O) groups is 2. The molecule has 1 aromatic heterocycles. The number of aromatic carboxylic acids is 1. The van der Waals surface area contributed by atoms with Crippen LogP contribution in [0.15, 0.2) is 97.1 Å². The molecule has 6 heteroatoms. The average molecular weight is 477 g/mol. The number of rotatable bonds is 8. The van der Waals surface area contributed by atoms with Crippen molar-refractivity contribution in [2.24, 2.45) is 0 Å². The van der Waals surface area contributed by atoms with E-state index < -0.39 is 5.97 Å². The topological polar surface area (TPSA) is 88.5 Å². The molecule has 0 atom stereocenters. The first-order valence-corrected chi connectivity index (χ1v) is 11.7. The third-order valence-electron chi connectivity index (χ3n) is 5.98. The van der Waals surface area contributed by atoms with Crippen LogP contribution in [0.1, 0.15) is 28.0 Å². The summed E-state index contributed by atoms with van der Waals surface area (Å²) in [6.07, 6.45) is 0.826. The highest BCUT2D eigenvalue weighted by Crippen LogP contribution is 2.25. The van der Waals surface area contributed by atoms with Gasteiger partial charge in [-0.25, -0.2) is 9.78 Å². The molecule has 0 fully saturated rings. The Hall–Kier alpha value is -4.71. The van der Waals surface area contributed by atoms with Gasteiger partial charge < -0.3 is 15.2 Å². The molecule has 36 heavy (non-hydrogen) atoms. The molecule has 0 unspecified atom stereocenters. The fourth-order valence-electron chi connectivity index (χ4n) is 4.03. The summed E-state index contributed by atoms with van der Waals surface area (Å²) in [6, 6.07) is 30.2. The Morgan fingerprint density at radius 2 is 1.58 bits per heavy atom. The molecule has 5 aromatic rings. The van der Waals surface area contributed by atoms with Crippen molar-refractivity contribution in [1.82, 2.24) is 4.98 Å². The lowest BCUT2D eigenvalue weighted by Gasteiger charge is -2.10. The number of carbonyl (C=O) groups excluding carboxylic acids is 1. The van der Waals surface area contributed by atoms with E-state index in [-0.39, 0.29) is 11.5 Å². The summed E-state index contributed by atoms with van der Waals surface area (Å²) in [5.41, 5.74) is 3.65. The Balaban J connectivity index is 1.21. The Morgan fingerprint density at radius 3 is 2.42 bits per heavy atom. The first-order valence-electron chi connectivity index (χ1n) is 11.7. The summed E-state index contributed by atoms with van der Waals surface area (Å²) < 4.78 is 5.99. The molecule has 1 amide bonds. The zero-order chi connectivity index (χ0) is 24.9. The van der Waals surface area contributed by atoms with Crippen LogP contribution in [0.4, 0.5) is 5.69 Å². The molecular formula is C30H24N2O4. The molecule has 0 bridgehead atoms. The van der Waals surface area contributed by atoms with Gasteiger partial charge in [-0.15, -0.1) is 0 Å². The average Bonchev–Trinajstić information content (AvgIpc) is 2.90. The van der Waals surface area contributed by atoms with E-state index in [2.05, 4.69) is 10.3 Å². The van der Waals surface area contributed by atoms with E-state index in [1.54, 1.807) is 24.3 Å². The third-order valence-corrected chi connectivity index (χ3v) is 5.98. The van der Waals surface area contributed by atoms with Crippen molar-refractivity contribution in [2.45, 2.75) is 19.4 Å². The largest absolute Gasteiger partial charge is 0.487 e. The number of para-hydroxylation sites is 1. The second kappa shape index (κ2) is 10.3. The van der Waals surface area contributed by atoms with E-state index in [4.69, 9.17) is 9.84 Å². The molecule has 0 radical (unpaired) electrons. The first-order chi connectivity index (χ1) is 17.5. The van der Waals surface area contributed by atoms with Gasteiger partial charge in [0, 0.05) is 17.5 Å². The maximum atomic E-state index is 12.5. The first kappa shape index (κ1) is 23.1. The fraction of sp³-hybridized carbons (Fsp3) is 0.100. The lowest BCUT2D eigenvalue weighted by Crippen LogP contribution is -2.12. The van der Waals surface area contributed by atoms with E-state index >= 15 is 0 Å². The van der Waals surface area contributed by atoms with Gasteiger partial charge in [0.2, 0.25) is 5.91 Å². The van der Waals surface area contributed by atoms with Crippen molar-refractivity contribution in [3.05, 3.63) is 114 Å². The molecule has 0 aliphatic carbocycles. The standard InChI is InChI=1S/C30H24N2O4/c33-29(16-7-20-5-8-23(9-6-20)30(34)35)32-25-13-10-21-12-15-27(18-24(21)17-25)36-19-26-14-11-22-3-1-2-4-28(22)31-26/h1-6,8-15,17-18H,7,16,19H2,(H,32,33)(H,34,35). The van der Waals surface area contributed by atoms with Crippen LogP contribution in [0.2, 0.25) is 0 Å². The SMILES string of the molecule is O=C(CCc1ccc(C(=O)O)cc1)Nc1ccc2ccc(OCc3ccc4ccccc4n3)cc2c1. The number of nitrogens with one attached hydrogen (secondary N) is 1. The van der Waals surface area contributed by atoms with Gasteiger partial charge in [-0.3, -0.25) is 4.79 Å². The highest BCUT2D eigenvalue weighted by atomic mass is 16.5. The zero-order valence-corrected chi connectivity index (χ0v) is 19.5. The minimum atomic E-state index is -0.963. The summed E-state index contributed by atoms with van der Waals surface area (Å²) in [5.74, 6) is -0.341. The summed E-state index contributed by atoms with van der Waals surface area (Å²) in [7, 11) is 0. The molecule has 4 aromatic carbocycles. The number of benzene rings is 4. The highest BCUT2D eigenvalue weighted by Gasteiger charge is 2.07. The molecule has 1 heterocycles. The Labute approximate surface area is 208 Å². The van der Waals surface area contributed by atoms with Crippen LogP contribution >= 0.6 is 0 Å². The number of hydrogen-bond donors (Lipinski definition) is 2. The maximum Gasteiger partial charge on any atom is 0.335 e. The number of aromatic nitrogens is 1. The van der Waals surface area contributed by atoms with Gasteiger partial charge in [0.15, 0.2) is 0 Å². The highest BCUT2D eigenvalue weighted by molar-refractivity contribution is 5.95. The van der Waals surface area contributed by atoms with Crippen molar-refractivity contribution in [2.75, 3.05) is 5.32 Å². The molecule has 2 N–H and O–H groups in total. The monoisotopic (exact) mass is 476 g/mol.